The number of aliphatic carboxylic acids is 1. The quantitative estimate of drug-likeness (QED) is 0.867. The summed E-state index contributed by atoms with van der Waals surface area (Å²) in [7, 11) is 0. The Morgan fingerprint density at radius 3 is 2.57 bits per heavy atom. The van der Waals surface area contributed by atoms with Gasteiger partial charge in [-0.05, 0) is 61.1 Å². The molecule has 0 heterocycles. The fourth-order valence-electron chi connectivity index (χ4n) is 4.74. The Bertz CT molecular complexity index is 661. The minimum Gasteiger partial charge on any atom is -0.480 e. The van der Waals surface area contributed by atoms with E-state index in [2.05, 4.69) is 5.32 Å². The lowest BCUT2D eigenvalue weighted by atomic mass is 10.0. The second-order valence-corrected chi connectivity index (χ2v) is 7.24. The van der Waals surface area contributed by atoms with Crippen molar-refractivity contribution in [2.75, 3.05) is 11.9 Å². The molecule has 3 fully saturated rings. The largest absolute Gasteiger partial charge is 0.480 e. The number of benzene rings is 1. The first-order valence-corrected chi connectivity index (χ1v) is 8.37. The summed E-state index contributed by atoms with van der Waals surface area (Å²) in [5.74, 6) is 2.22. The maximum atomic E-state index is 12.5. The van der Waals surface area contributed by atoms with Crippen LogP contribution >= 0.6 is 11.6 Å². The van der Waals surface area contributed by atoms with Crippen LogP contribution in [0.25, 0.3) is 0 Å². The van der Waals surface area contributed by atoms with Crippen LogP contribution in [0.4, 0.5) is 5.69 Å². The predicted molar refractivity (Wildman–Crippen MR) is 84.5 cm³/mol. The minimum absolute atomic E-state index is 0.0897. The van der Waals surface area contributed by atoms with E-state index in [1.165, 1.54) is 19.3 Å². The molecule has 0 aromatic heterocycles. The zero-order chi connectivity index (χ0) is 16.1. The molecule has 4 rings (SSSR count). The molecule has 3 aliphatic carbocycles. The molecule has 122 valence electrons. The normalized spacial score (nSPS) is 33.2. The van der Waals surface area contributed by atoms with Crippen molar-refractivity contribution in [1.82, 2.24) is 0 Å². The number of rotatable bonds is 5. The SMILES string of the molecule is O=C(O)COc1ccc(NC(=O)C2C3C4CCC(C4)C23)cc1Cl. The second kappa shape index (κ2) is 5.41. The zero-order valence-corrected chi connectivity index (χ0v) is 13.3. The van der Waals surface area contributed by atoms with Crippen LogP contribution in [0.2, 0.25) is 5.02 Å². The number of hydrogen-bond donors (Lipinski definition) is 2. The van der Waals surface area contributed by atoms with E-state index in [1.54, 1.807) is 18.2 Å². The third-order valence-corrected chi connectivity index (χ3v) is 5.88. The summed E-state index contributed by atoms with van der Waals surface area (Å²) in [6, 6.07) is 4.87. The van der Waals surface area contributed by atoms with Gasteiger partial charge in [0.2, 0.25) is 5.91 Å². The van der Waals surface area contributed by atoms with Crippen LogP contribution in [-0.2, 0) is 9.59 Å². The molecule has 4 atom stereocenters. The average molecular weight is 336 g/mol. The van der Waals surface area contributed by atoms with Crippen molar-refractivity contribution < 1.29 is 19.4 Å². The molecule has 0 radical (unpaired) electrons. The van der Waals surface area contributed by atoms with Gasteiger partial charge in [-0.15, -0.1) is 0 Å². The van der Waals surface area contributed by atoms with Crippen molar-refractivity contribution in [3.05, 3.63) is 23.2 Å². The molecule has 0 spiro atoms. The van der Waals surface area contributed by atoms with E-state index < -0.39 is 12.6 Å². The first-order valence-electron chi connectivity index (χ1n) is 7.99. The molecular weight excluding hydrogens is 318 g/mol. The monoisotopic (exact) mass is 335 g/mol. The van der Waals surface area contributed by atoms with E-state index in [9.17, 15) is 9.59 Å². The highest BCUT2D eigenvalue weighted by Crippen LogP contribution is 2.69. The number of carboxylic acids is 1. The Morgan fingerprint density at radius 2 is 1.96 bits per heavy atom. The van der Waals surface area contributed by atoms with Crippen molar-refractivity contribution in [3.63, 3.8) is 0 Å². The number of fused-ring (bicyclic) bond motifs is 5. The van der Waals surface area contributed by atoms with Gasteiger partial charge in [-0.25, -0.2) is 4.79 Å². The van der Waals surface area contributed by atoms with Crippen LogP contribution in [0.3, 0.4) is 0 Å². The van der Waals surface area contributed by atoms with E-state index in [0.29, 0.717) is 28.3 Å². The summed E-state index contributed by atoms with van der Waals surface area (Å²) < 4.78 is 5.07. The van der Waals surface area contributed by atoms with Crippen molar-refractivity contribution >= 4 is 29.2 Å². The summed E-state index contributed by atoms with van der Waals surface area (Å²) in [4.78, 5) is 23.0. The fourth-order valence-corrected chi connectivity index (χ4v) is 4.97. The topological polar surface area (TPSA) is 75.6 Å². The molecule has 2 bridgehead atoms. The van der Waals surface area contributed by atoms with Crippen LogP contribution in [0.15, 0.2) is 18.2 Å². The maximum absolute atomic E-state index is 12.5. The van der Waals surface area contributed by atoms with Gasteiger partial charge in [-0.2, -0.15) is 0 Å². The molecule has 0 saturated heterocycles. The number of anilines is 1. The minimum atomic E-state index is -1.06. The van der Waals surface area contributed by atoms with Crippen molar-refractivity contribution in [1.29, 1.82) is 0 Å². The molecule has 23 heavy (non-hydrogen) atoms. The molecule has 0 aliphatic heterocycles. The molecule has 1 amide bonds. The Labute approximate surface area is 139 Å². The summed E-state index contributed by atoms with van der Waals surface area (Å²) in [6.45, 7) is -0.445. The van der Waals surface area contributed by atoms with Crippen molar-refractivity contribution in [2.24, 2.45) is 29.6 Å². The van der Waals surface area contributed by atoms with Crippen LogP contribution in [-0.4, -0.2) is 23.6 Å². The highest BCUT2D eigenvalue weighted by molar-refractivity contribution is 6.32. The Balaban J connectivity index is 1.39. The van der Waals surface area contributed by atoms with E-state index >= 15 is 0 Å². The lowest BCUT2D eigenvalue weighted by Crippen LogP contribution is -2.18. The third-order valence-electron chi connectivity index (χ3n) is 5.59. The van der Waals surface area contributed by atoms with Gasteiger partial charge >= 0.3 is 5.97 Å². The average Bonchev–Trinajstić information content (AvgIpc) is 2.95. The number of carboxylic acid groups (broad SMARTS) is 1. The molecule has 2 N–H and O–H groups in total. The van der Waals surface area contributed by atoms with E-state index in [-0.39, 0.29) is 11.8 Å². The fraction of sp³-hybridized carbons (Fsp3) is 0.529. The van der Waals surface area contributed by atoms with Crippen LogP contribution in [0.5, 0.6) is 5.75 Å². The predicted octanol–water partition coefficient (Wildman–Crippen LogP) is 3.03. The Hall–Kier alpha value is -1.75. The Morgan fingerprint density at radius 1 is 1.26 bits per heavy atom. The smallest absolute Gasteiger partial charge is 0.341 e. The molecule has 1 aromatic carbocycles. The number of nitrogens with one attached hydrogen (secondary N) is 1. The molecule has 3 saturated carbocycles. The lowest BCUT2D eigenvalue weighted by Gasteiger charge is -2.11. The maximum Gasteiger partial charge on any atom is 0.341 e. The van der Waals surface area contributed by atoms with E-state index in [1.807, 2.05) is 0 Å². The van der Waals surface area contributed by atoms with Gasteiger partial charge in [0.1, 0.15) is 5.75 Å². The number of halogens is 1. The number of ether oxygens (including phenoxy) is 1. The standard InChI is InChI=1S/C17H18ClNO4/c18-11-6-10(3-4-12(11)23-7-13(20)21)19-17(22)16-14-8-1-2-9(5-8)15(14)16/h3-4,6,8-9,14-16H,1-2,5,7H2,(H,19,22)(H,20,21). The van der Waals surface area contributed by atoms with Crippen LogP contribution < -0.4 is 10.1 Å². The summed E-state index contributed by atoms with van der Waals surface area (Å²) >= 11 is 6.07. The first-order chi connectivity index (χ1) is 11.0. The van der Waals surface area contributed by atoms with Crippen molar-refractivity contribution in [2.45, 2.75) is 19.3 Å². The van der Waals surface area contributed by atoms with Gasteiger partial charge in [0.25, 0.3) is 0 Å². The van der Waals surface area contributed by atoms with Crippen LogP contribution in [0, 0.1) is 29.6 Å². The molecule has 1 aromatic rings. The molecule has 3 aliphatic rings. The van der Waals surface area contributed by atoms with E-state index in [4.69, 9.17) is 21.4 Å². The second-order valence-electron chi connectivity index (χ2n) is 6.83. The van der Waals surface area contributed by atoms with Crippen molar-refractivity contribution in [3.8, 4) is 5.75 Å². The number of hydrogen-bond acceptors (Lipinski definition) is 3. The van der Waals surface area contributed by atoms with Gasteiger partial charge in [0.15, 0.2) is 6.61 Å². The number of carbonyl (C=O) groups excluding carboxylic acids is 1. The molecule has 6 heteroatoms. The summed E-state index contributed by atoms with van der Waals surface area (Å²) in [6.07, 6.45) is 3.90. The third kappa shape index (κ3) is 2.57. The van der Waals surface area contributed by atoms with Gasteiger partial charge < -0.3 is 15.2 Å². The lowest BCUT2D eigenvalue weighted by molar-refractivity contribution is -0.139. The van der Waals surface area contributed by atoms with Gasteiger partial charge in [-0.1, -0.05) is 11.6 Å². The van der Waals surface area contributed by atoms with E-state index in [0.717, 1.165) is 11.8 Å². The van der Waals surface area contributed by atoms with Gasteiger partial charge in [-0.3, -0.25) is 4.79 Å². The summed E-state index contributed by atoms with van der Waals surface area (Å²) in [5, 5.41) is 11.8. The highest BCUT2D eigenvalue weighted by Gasteiger charge is 2.67. The zero-order valence-electron chi connectivity index (χ0n) is 12.5. The van der Waals surface area contributed by atoms with Gasteiger partial charge in [0.05, 0.1) is 5.02 Å². The first kappa shape index (κ1) is 14.8. The molecular formula is C17H18ClNO4. The Kier molecular flexibility index (Phi) is 3.48. The molecule has 5 nitrogen and oxygen atoms in total. The van der Waals surface area contributed by atoms with Crippen LogP contribution in [0.1, 0.15) is 19.3 Å². The highest BCUT2D eigenvalue weighted by atomic mass is 35.5. The number of amides is 1. The number of carbonyl (C=O) groups is 2. The van der Waals surface area contributed by atoms with Gasteiger partial charge in [0, 0.05) is 11.6 Å². The summed E-state index contributed by atoms with van der Waals surface area (Å²) in [5.41, 5.74) is 0.625. The molecule has 4 unspecified atom stereocenters.